The lowest BCUT2D eigenvalue weighted by Gasteiger charge is -2.14. The molecule has 1 unspecified atom stereocenters. The molecule has 0 spiro atoms. The van der Waals surface area contributed by atoms with Crippen LogP contribution in [-0.2, 0) is 0 Å². The van der Waals surface area contributed by atoms with Crippen LogP contribution in [0, 0.1) is 12.8 Å². The maximum atomic E-state index is 4.56. The molecule has 0 fully saturated rings. The van der Waals surface area contributed by atoms with E-state index in [2.05, 4.69) is 61.4 Å². The molecule has 20 heavy (non-hydrogen) atoms. The Balaban J connectivity index is 1.99. The first-order chi connectivity index (χ1) is 9.56. The van der Waals surface area contributed by atoms with Gasteiger partial charge in [0, 0.05) is 11.1 Å². The third-order valence-electron chi connectivity index (χ3n) is 3.73. The zero-order valence-corrected chi connectivity index (χ0v) is 13.1. The Labute approximate surface area is 122 Å². The Kier molecular flexibility index (Phi) is 5.13. The van der Waals surface area contributed by atoms with E-state index in [-0.39, 0.29) is 0 Å². The van der Waals surface area contributed by atoms with Gasteiger partial charge in [0.15, 0.2) is 0 Å². The van der Waals surface area contributed by atoms with Crippen LogP contribution in [0.5, 0.6) is 0 Å². The summed E-state index contributed by atoms with van der Waals surface area (Å²) < 4.78 is 0. The summed E-state index contributed by atoms with van der Waals surface area (Å²) >= 11 is 0. The van der Waals surface area contributed by atoms with Gasteiger partial charge in [-0.05, 0) is 62.0 Å². The Morgan fingerprint density at radius 1 is 1.10 bits per heavy atom. The highest BCUT2D eigenvalue weighted by Gasteiger charge is 2.07. The first kappa shape index (κ1) is 15.0. The SMILES string of the molecule is Cc1ccc2cc(C(C)CCNCC(C)C)ccc2n1. The minimum absolute atomic E-state index is 0.584. The van der Waals surface area contributed by atoms with Gasteiger partial charge in [-0.2, -0.15) is 0 Å². The number of benzene rings is 1. The van der Waals surface area contributed by atoms with Crippen molar-refractivity contribution >= 4 is 10.9 Å². The molecule has 0 aliphatic heterocycles. The van der Waals surface area contributed by atoms with Crippen LogP contribution >= 0.6 is 0 Å². The average molecular weight is 270 g/mol. The quantitative estimate of drug-likeness (QED) is 0.792. The molecule has 2 aromatic rings. The number of nitrogens with zero attached hydrogens (tertiary/aromatic N) is 1. The third-order valence-corrected chi connectivity index (χ3v) is 3.73. The molecular formula is C18H26N2. The number of rotatable bonds is 6. The molecule has 0 aliphatic rings. The second-order valence-corrected chi connectivity index (χ2v) is 6.19. The Hall–Kier alpha value is -1.41. The van der Waals surface area contributed by atoms with Gasteiger partial charge in [0.2, 0.25) is 0 Å². The predicted molar refractivity (Wildman–Crippen MR) is 87.2 cm³/mol. The number of fused-ring (bicyclic) bond motifs is 1. The molecule has 1 heterocycles. The number of aromatic nitrogens is 1. The van der Waals surface area contributed by atoms with Crippen molar-refractivity contribution in [2.75, 3.05) is 13.1 Å². The van der Waals surface area contributed by atoms with E-state index in [4.69, 9.17) is 0 Å². The lowest BCUT2D eigenvalue weighted by molar-refractivity contribution is 0.525. The molecule has 108 valence electrons. The summed E-state index contributed by atoms with van der Waals surface area (Å²) in [4.78, 5) is 4.56. The summed E-state index contributed by atoms with van der Waals surface area (Å²) in [5.74, 6) is 1.31. The highest BCUT2D eigenvalue weighted by molar-refractivity contribution is 5.79. The molecule has 2 rings (SSSR count). The fraction of sp³-hybridized carbons (Fsp3) is 0.500. The van der Waals surface area contributed by atoms with Gasteiger partial charge in [0.25, 0.3) is 0 Å². The smallest absolute Gasteiger partial charge is 0.0705 e. The molecular weight excluding hydrogens is 244 g/mol. The molecule has 1 aromatic carbocycles. The van der Waals surface area contributed by atoms with Gasteiger partial charge in [-0.1, -0.05) is 32.9 Å². The molecule has 0 bridgehead atoms. The zero-order chi connectivity index (χ0) is 14.5. The van der Waals surface area contributed by atoms with Crippen LogP contribution in [0.1, 0.15) is 44.4 Å². The summed E-state index contributed by atoms with van der Waals surface area (Å²) in [5, 5.41) is 4.76. The van der Waals surface area contributed by atoms with Gasteiger partial charge in [-0.3, -0.25) is 4.98 Å². The average Bonchev–Trinajstić information content (AvgIpc) is 2.42. The van der Waals surface area contributed by atoms with Crippen LogP contribution in [0.15, 0.2) is 30.3 Å². The minimum atomic E-state index is 0.584. The molecule has 0 amide bonds. The van der Waals surface area contributed by atoms with Gasteiger partial charge in [0.05, 0.1) is 5.52 Å². The van der Waals surface area contributed by atoms with Gasteiger partial charge in [0.1, 0.15) is 0 Å². The summed E-state index contributed by atoms with van der Waals surface area (Å²) in [7, 11) is 0. The minimum Gasteiger partial charge on any atom is -0.316 e. The van der Waals surface area contributed by atoms with Crippen molar-refractivity contribution in [1.29, 1.82) is 0 Å². The highest BCUT2D eigenvalue weighted by Crippen LogP contribution is 2.23. The molecule has 0 radical (unpaired) electrons. The zero-order valence-electron chi connectivity index (χ0n) is 13.1. The third kappa shape index (κ3) is 4.04. The van der Waals surface area contributed by atoms with Crippen molar-refractivity contribution < 1.29 is 0 Å². The van der Waals surface area contributed by atoms with Gasteiger partial charge < -0.3 is 5.32 Å². The van der Waals surface area contributed by atoms with E-state index >= 15 is 0 Å². The molecule has 0 saturated heterocycles. The predicted octanol–water partition coefficient (Wildman–Crippen LogP) is 4.28. The standard InChI is InChI=1S/C18H26N2/c1-13(2)12-19-10-9-14(3)16-7-8-18-17(11-16)6-5-15(4)20-18/h5-8,11,13-14,19H,9-10,12H2,1-4H3. The van der Waals surface area contributed by atoms with Crippen molar-refractivity contribution in [3.8, 4) is 0 Å². The summed E-state index contributed by atoms with van der Waals surface area (Å²) in [5.41, 5.74) is 3.59. The monoisotopic (exact) mass is 270 g/mol. The number of hydrogen-bond donors (Lipinski definition) is 1. The van der Waals surface area contributed by atoms with Gasteiger partial charge in [-0.15, -0.1) is 0 Å². The number of nitrogens with one attached hydrogen (secondary N) is 1. The van der Waals surface area contributed by atoms with Crippen LogP contribution in [0.25, 0.3) is 10.9 Å². The van der Waals surface area contributed by atoms with Gasteiger partial charge in [-0.25, -0.2) is 0 Å². The van der Waals surface area contributed by atoms with E-state index in [1.54, 1.807) is 0 Å². The van der Waals surface area contributed by atoms with E-state index < -0.39 is 0 Å². The molecule has 1 atom stereocenters. The number of hydrogen-bond acceptors (Lipinski definition) is 2. The van der Waals surface area contributed by atoms with Crippen molar-refractivity contribution in [2.45, 2.75) is 40.0 Å². The van der Waals surface area contributed by atoms with Gasteiger partial charge >= 0.3 is 0 Å². The van der Waals surface area contributed by atoms with Crippen molar-refractivity contribution in [2.24, 2.45) is 5.92 Å². The summed E-state index contributed by atoms with van der Waals surface area (Å²) in [6.07, 6.45) is 1.18. The normalized spacial score (nSPS) is 13.1. The van der Waals surface area contributed by atoms with E-state index in [1.807, 2.05) is 6.92 Å². The summed E-state index contributed by atoms with van der Waals surface area (Å²) in [6, 6.07) is 10.9. The van der Waals surface area contributed by atoms with E-state index in [0.717, 1.165) is 30.2 Å². The first-order valence-electron chi connectivity index (χ1n) is 7.64. The molecule has 1 aromatic heterocycles. The Bertz CT molecular complexity index is 560. The Morgan fingerprint density at radius 2 is 1.90 bits per heavy atom. The van der Waals surface area contributed by atoms with Crippen molar-refractivity contribution in [3.63, 3.8) is 0 Å². The van der Waals surface area contributed by atoms with E-state index in [1.165, 1.54) is 17.4 Å². The number of pyridine rings is 1. The molecule has 0 aliphatic carbocycles. The topological polar surface area (TPSA) is 24.9 Å². The van der Waals surface area contributed by atoms with E-state index in [0.29, 0.717) is 5.92 Å². The molecule has 0 saturated carbocycles. The first-order valence-corrected chi connectivity index (χ1v) is 7.64. The Morgan fingerprint density at radius 3 is 2.65 bits per heavy atom. The lowest BCUT2D eigenvalue weighted by atomic mass is 9.96. The van der Waals surface area contributed by atoms with Crippen LogP contribution in [-0.4, -0.2) is 18.1 Å². The largest absolute Gasteiger partial charge is 0.316 e. The van der Waals surface area contributed by atoms with Crippen molar-refractivity contribution in [1.82, 2.24) is 10.3 Å². The molecule has 2 nitrogen and oxygen atoms in total. The van der Waals surface area contributed by atoms with Crippen LogP contribution in [0.4, 0.5) is 0 Å². The van der Waals surface area contributed by atoms with Crippen LogP contribution in [0.3, 0.4) is 0 Å². The fourth-order valence-electron chi connectivity index (χ4n) is 2.43. The van der Waals surface area contributed by atoms with E-state index in [9.17, 15) is 0 Å². The fourth-order valence-corrected chi connectivity index (χ4v) is 2.43. The summed E-state index contributed by atoms with van der Waals surface area (Å²) in [6.45, 7) is 11.0. The van der Waals surface area contributed by atoms with Crippen LogP contribution in [0.2, 0.25) is 0 Å². The molecule has 2 heteroatoms. The lowest BCUT2D eigenvalue weighted by Crippen LogP contribution is -2.21. The second kappa shape index (κ2) is 6.85. The second-order valence-electron chi connectivity index (χ2n) is 6.19. The maximum absolute atomic E-state index is 4.56. The molecule has 1 N–H and O–H groups in total. The van der Waals surface area contributed by atoms with Crippen LogP contribution < -0.4 is 5.32 Å². The number of aryl methyl sites for hydroxylation is 1. The maximum Gasteiger partial charge on any atom is 0.0705 e. The van der Waals surface area contributed by atoms with Crippen molar-refractivity contribution in [3.05, 3.63) is 41.6 Å². The highest BCUT2D eigenvalue weighted by atomic mass is 14.8.